The molecule has 1 nitrogen and oxygen atoms in total. The van der Waals surface area contributed by atoms with Crippen molar-refractivity contribution in [3.63, 3.8) is 0 Å². The van der Waals surface area contributed by atoms with Crippen LogP contribution in [-0.2, 0) is 11.0 Å². The molecule has 0 unspecified atom stereocenters. The van der Waals surface area contributed by atoms with Gasteiger partial charge in [0.2, 0.25) is 0 Å². The minimum absolute atomic E-state index is 0.135. The lowest BCUT2D eigenvalue weighted by Crippen LogP contribution is -2.30. The van der Waals surface area contributed by atoms with Crippen molar-refractivity contribution >= 4 is 12.7 Å². The molecule has 0 N–H and O–H groups in total. The fraction of sp³-hybridized carbons (Fsp3) is 0.579. The minimum Gasteiger partial charge on any atom is -0.322 e. The molecule has 0 fully saturated rings. The summed E-state index contributed by atoms with van der Waals surface area (Å²) in [6.07, 6.45) is 5.09. The molecule has 21 heavy (non-hydrogen) atoms. The van der Waals surface area contributed by atoms with Gasteiger partial charge in [-0.1, -0.05) is 71.9 Å². The molecule has 0 saturated carbocycles. The van der Waals surface area contributed by atoms with Gasteiger partial charge in [0, 0.05) is 16.5 Å². The lowest BCUT2D eigenvalue weighted by atomic mass is 10.0. The Morgan fingerprint density at radius 1 is 1.00 bits per heavy atom. The Hall–Kier alpha value is -0.810. The van der Waals surface area contributed by atoms with Crippen LogP contribution in [0.15, 0.2) is 30.3 Å². The van der Waals surface area contributed by atoms with Crippen LogP contribution in [0.5, 0.6) is 0 Å². The molecule has 0 saturated heterocycles. The Morgan fingerprint density at radius 3 is 2.14 bits per heavy atom. The Bertz CT molecular complexity index is 579. The van der Waals surface area contributed by atoms with E-state index in [4.69, 9.17) is 0 Å². The second-order valence-electron chi connectivity index (χ2n) is 8.15. The second kappa shape index (κ2) is 5.43. The topological polar surface area (TPSA) is 17.1 Å². The summed E-state index contributed by atoms with van der Waals surface area (Å²) >= 11 is 0. The molecule has 116 valence electrons. The SMILES string of the molecule is CC(C)(C)P(=O)(CCC1=CCc2ccccc21)C(C)(C)C. The van der Waals surface area contributed by atoms with Crippen molar-refractivity contribution in [3.8, 4) is 0 Å². The summed E-state index contributed by atoms with van der Waals surface area (Å²) in [5, 5.41) is -0.270. The van der Waals surface area contributed by atoms with E-state index in [1.54, 1.807) is 0 Å². The highest BCUT2D eigenvalue weighted by Crippen LogP contribution is 2.67. The number of fused-ring (bicyclic) bond motifs is 1. The van der Waals surface area contributed by atoms with E-state index in [0.29, 0.717) is 0 Å². The van der Waals surface area contributed by atoms with Crippen LogP contribution in [0.1, 0.15) is 59.1 Å². The first-order valence-corrected chi connectivity index (χ1v) is 9.82. The number of rotatable bonds is 3. The van der Waals surface area contributed by atoms with E-state index in [2.05, 4.69) is 71.9 Å². The maximum Gasteiger partial charge on any atom is 0.0980 e. The third-order valence-electron chi connectivity index (χ3n) is 4.79. The minimum atomic E-state index is -2.29. The monoisotopic (exact) mass is 304 g/mol. The normalized spacial score (nSPS) is 15.8. The zero-order valence-electron chi connectivity index (χ0n) is 14.4. The van der Waals surface area contributed by atoms with Crippen LogP contribution in [0, 0.1) is 0 Å². The Balaban J connectivity index is 2.21. The van der Waals surface area contributed by atoms with Gasteiger partial charge >= 0.3 is 0 Å². The van der Waals surface area contributed by atoms with Gasteiger partial charge in [0.1, 0.15) is 0 Å². The quantitative estimate of drug-likeness (QED) is 0.628. The van der Waals surface area contributed by atoms with E-state index in [1.165, 1.54) is 16.7 Å². The van der Waals surface area contributed by atoms with Crippen molar-refractivity contribution < 1.29 is 4.57 Å². The van der Waals surface area contributed by atoms with E-state index in [9.17, 15) is 4.57 Å². The molecule has 1 aliphatic carbocycles. The van der Waals surface area contributed by atoms with Gasteiger partial charge in [0.15, 0.2) is 0 Å². The fourth-order valence-electron chi connectivity index (χ4n) is 3.55. The largest absolute Gasteiger partial charge is 0.322 e. The Labute approximate surface area is 130 Å². The van der Waals surface area contributed by atoms with Gasteiger partial charge in [-0.25, -0.2) is 0 Å². The standard InChI is InChI=1S/C19H29OP/c1-18(2,3)21(20,19(4,5)6)14-13-16-12-11-15-9-7-8-10-17(15)16/h7-10,12H,11,13-14H2,1-6H3. The summed E-state index contributed by atoms with van der Waals surface area (Å²) in [4.78, 5) is 0. The van der Waals surface area contributed by atoms with Crippen LogP contribution < -0.4 is 0 Å². The Kier molecular flexibility index (Phi) is 4.28. The first-order valence-electron chi connectivity index (χ1n) is 7.93. The molecule has 0 radical (unpaired) electrons. The molecule has 0 aliphatic heterocycles. The van der Waals surface area contributed by atoms with Crippen molar-refractivity contribution in [3.05, 3.63) is 41.5 Å². The lowest BCUT2D eigenvalue weighted by Gasteiger charge is -2.41. The average molecular weight is 304 g/mol. The molecule has 0 atom stereocenters. The van der Waals surface area contributed by atoms with Gasteiger partial charge in [-0.15, -0.1) is 0 Å². The van der Waals surface area contributed by atoms with Crippen LogP contribution in [0.4, 0.5) is 0 Å². The predicted octanol–water partition coefficient (Wildman–Crippen LogP) is 5.98. The maximum absolute atomic E-state index is 13.7. The van der Waals surface area contributed by atoms with Gasteiger partial charge in [0.05, 0.1) is 7.14 Å². The van der Waals surface area contributed by atoms with Crippen molar-refractivity contribution in [1.29, 1.82) is 0 Å². The van der Waals surface area contributed by atoms with Gasteiger partial charge in [-0.3, -0.25) is 0 Å². The molecule has 1 aromatic carbocycles. The van der Waals surface area contributed by atoms with E-state index in [1.807, 2.05) is 0 Å². The van der Waals surface area contributed by atoms with Crippen LogP contribution in [0.2, 0.25) is 0 Å². The molecule has 1 aromatic rings. The summed E-state index contributed by atoms with van der Waals surface area (Å²) in [5.74, 6) is 0. The first kappa shape index (κ1) is 16.6. The summed E-state index contributed by atoms with van der Waals surface area (Å²) in [5.41, 5.74) is 4.17. The second-order valence-corrected chi connectivity index (χ2v) is 12.8. The molecular weight excluding hydrogens is 275 g/mol. The molecule has 0 amide bonds. The van der Waals surface area contributed by atoms with Crippen LogP contribution in [0.25, 0.3) is 5.57 Å². The van der Waals surface area contributed by atoms with Gasteiger partial charge in [-0.2, -0.15) is 0 Å². The van der Waals surface area contributed by atoms with Crippen molar-refractivity contribution in [2.24, 2.45) is 0 Å². The number of hydrogen-bond acceptors (Lipinski definition) is 1. The third-order valence-corrected chi connectivity index (χ3v) is 9.98. The summed E-state index contributed by atoms with van der Waals surface area (Å²) in [6, 6.07) is 8.61. The third kappa shape index (κ3) is 3.04. The van der Waals surface area contributed by atoms with E-state index in [0.717, 1.165) is 19.0 Å². The molecule has 2 heteroatoms. The van der Waals surface area contributed by atoms with Crippen LogP contribution in [0.3, 0.4) is 0 Å². The molecule has 2 rings (SSSR count). The van der Waals surface area contributed by atoms with E-state index >= 15 is 0 Å². The van der Waals surface area contributed by atoms with Crippen LogP contribution in [-0.4, -0.2) is 16.5 Å². The molecule has 0 aromatic heterocycles. The average Bonchev–Trinajstić information content (AvgIpc) is 2.76. The Morgan fingerprint density at radius 2 is 1.57 bits per heavy atom. The summed E-state index contributed by atoms with van der Waals surface area (Å²) in [6.45, 7) is 12.8. The smallest absolute Gasteiger partial charge is 0.0980 e. The van der Waals surface area contributed by atoms with Crippen molar-refractivity contribution in [1.82, 2.24) is 0 Å². The van der Waals surface area contributed by atoms with Crippen LogP contribution >= 0.6 is 7.14 Å². The number of benzene rings is 1. The van der Waals surface area contributed by atoms with Gasteiger partial charge < -0.3 is 4.57 Å². The highest BCUT2D eigenvalue weighted by Gasteiger charge is 2.45. The molecule has 0 heterocycles. The molecule has 1 aliphatic rings. The van der Waals surface area contributed by atoms with E-state index in [-0.39, 0.29) is 10.3 Å². The fourth-order valence-corrected chi connectivity index (χ4v) is 7.46. The lowest BCUT2D eigenvalue weighted by molar-refractivity contribution is 0.517. The predicted molar refractivity (Wildman–Crippen MR) is 94.7 cm³/mol. The highest BCUT2D eigenvalue weighted by molar-refractivity contribution is 7.67. The van der Waals surface area contributed by atoms with Crippen molar-refractivity contribution in [2.75, 3.05) is 6.16 Å². The summed E-state index contributed by atoms with van der Waals surface area (Å²) in [7, 11) is -2.29. The number of hydrogen-bond donors (Lipinski definition) is 0. The van der Waals surface area contributed by atoms with Gasteiger partial charge in [-0.05, 0) is 29.5 Å². The highest BCUT2D eigenvalue weighted by atomic mass is 31.2. The number of allylic oxidation sites excluding steroid dienone is 2. The molecule has 0 spiro atoms. The maximum atomic E-state index is 13.7. The van der Waals surface area contributed by atoms with Gasteiger partial charge in [0.25, 0.3) is 0 Å². The zero-order chi connectivity index (χ0) is 15.9. The first-order chi connectivity index (χ1) is 9.56. The van der Waals surface area contributed by atoms with Crippen molar-refractivity contribution in [2.45, 2.75) is 64.7 Å². The summed E-state index contributed by atoms with van der Waals surface area (Å²) < 4.78 is 13.7. The molecule has 0 bridgehead atoms. The van der Waals surface area contributed by atoms with E-state index < -0.39 is 7.14 Å². The zero-order valence-corrected chi connectivity index (χ0v) is 15.3. The molecular formula is C19H29OP.